The smallest absolute Gasteiger partial charge is 0.348 e. The number of thiophene rings is 1. The molecular formula is C6H5ClO4S2. The van der Waals surface area contributed by atoms with Crippen LogP contribution in [0.5, 0.6) is 0 Å². The van der Waals surface area contributed by atoms with Gasteiger partial charge in [-0.25, -0.2) is 13.2 Å². The minimum atomic E-state index is -3.75. The van der Waals surface area contributed by atoms with Gasteiger partial charge in [-0.2, -0.15) is 0 Å². The van der Waals surface area contributed by atoms with Crippen molar-refractivity contribution in [3.05, 3.63) is 16.3 Å². The summed E-state index contributed by atoms with van der Waals surface area (Å²) >= 11 is 0.971. The molecule has 0 aliphatic rings. The highest BCUT2D eigenvalue weighted by Gasteiger charge is 2.16. The predicted octanol–water partition coefficient (Wildman–Crippen LogP) is 1.46. The van der Waals surface area contributed by atoms with Crippen LogP contribution in [0.4, 0.5) is 0 Å². The first-order valence-corrected chi connectivity index (χ1v) is 6.25. The number of ether oxygens (including phenoxy) is 1. The van der Waals surface area contributed by atoms with Crippen LogP contribution in [0.15, 0.2) is 16.3 Å². The van der Waals surface area contributed by atoms with Gasteiger partial charge in [0.15, 0.2) is 0 Å². The van der Waals surface area contributed by atoms with Crippen LogP contribution in [0, 0.1) is 0 Å². The number of methoxy groups -OCH3 is 1. The van der Waals surface area contributed by atoms with Gasteiger partial charge >= 0.3 is 5.97 Å². The topological polar surface area (TPSA) is 60.4 Å². The van der Waals surface area contributed by atoms with Gasteiger partial charge < -0.3 is 4.74 Å². The van der Waals surface area contributed by atoms with Crippen molar-refractivity contribution in [2.24, 2.45) is 0 Å². The molecule has 72 valence electrons. The van der Waals surface area contributed by atoms with E-state index in [1.54, 1.807) is 0 Å². The normalized spacial score (nSPS) is 11.2. The van der Waals surface area contributed by atoms with Crippen LogP contribution < -0.4 is 0 Å². The third-order valence-corrected chi connectivity index (χ3v) is 3.64. The lowest BCUT2D eigenvalue weighted by molar-refractivity contribution is 0.0606. The van der Waals surface area contributed by atoms with Crippen LogP contribution >= 0.6 is 22.0 Å². The molecule has 0 aliphatic carbocycles. The largest absolute Gasteiger partial charge is 0.465 e. The van der Waals surface area contributed by atoms with Crippen LogP contribution in [-0.4, -0.2) is 21.5 Å². The Kier molecular flexibility index (Phi) is 2.94. The van der Waals surface area contributed by atoms with Gasteiger partial charge in [0, 0.05) is 16.1 Å². The van der Waals surface area contributed by atoms with Crippen molar-refractivity contribution in [2.45, 2.75) is 4.90 Å². The van der Waals surface area contributed by atoms with Gasteiger partial charge in [-0.15, -0.1) is 11.3 Å². The first-order valence-electron chi connectivity index (χ1n) is 3.06. The first-order chi connectivity index (χ1) is 5.95. The van der Waals surface area contributed by atoms with E-state index in [2.05, 4.69) is 4.74 Å². The summed E-state index contributed by atoms with van der Waals surface area (Å²) in [6.45, 7) is 0. The van der Waals surface area contributed by atoms with Gasteiger partial charge in [0.2, 0.25) is 0 Å². The van der Waals surface area contributed by atoms with Crippen LogP contribution in [0.3, 0.4) is 0 Å². The molecule has 7 heteroatoms. The Morgan fingerprint density at radius 3 is 2.62 bits per heavy atom. The van der Waals surface area contributed by atoms with Crippen molar-refractivity contribution in [1.29, 1.82) is 0 Å². The van der Waals surface area contributed by atoms with E-state index >= 15 is 0 Å². The van der Waals surface area contributed by atoms with E-state index in [0.29, 0.717) is 0 Å². The molecule has 1 aromatic rings. The number of hydrogen-bond donors (Lipinski definition) is 0. The van der Waals surface area contributed by atoms with E-state index in [0.717, 1.165) is 11.3 Å². The molecule has 0 spiro atoms. The minimum absolute atomic E-state index is 0.0837. The minimum Gasteiger partial charge on any atom is -0.465 e. The van der Waals surface area contributed by atoms with E-state index in [-0.39, 0.29) is 9.77 Å². The second-order valence-electron chi connectivity index (χ2n) is 2.08. The van der Waals surface area contributed by atoms with E-state index in [4.69, 9.17) is 10.7 Å². The second-order valence-corrected chi connectivity index (χ2v) is 5.55. The van der Waals surface area contributed by atoms with Gasteiger partial charge in [0.1, 0.15) is 4.88 Å². The zero-order valence-electron chi connectivity index (χ0n) is 6.48. The number of halogens is 1. The summed E-state index contributed by atoms with van der Waals surface area (Å²) in [6.07, 6.45) is 0. The number of carbonyl (C=O) groups excluding carboxylic acids is 1. The fraction of sp³-hybridized carbons (Fsp3) is 0.167. The average molecular weight is 241 g/mol. The van der Waals surface area contributed by atoms with Crippen LogP contribution in [0.1, 0.15) is 9.67 Å². The molecule has 0 N–H and O–H groups in total. The van der Waals surface area contributed by atoms with Crippen molar-refractivity contribution in [3.63, 3.8) is 0 Å². The van der Waals surface area contributed by atoms with E-state index in [1.807, 2.05) is 0 Å². The quantitative estimate of drug-likeness (QED) is 0.580. The Morgan fingerprint density at radius 2 is 2.23 bits per heavy atom. The van der Waals surface area contributed by atoms with E-state index in [9.17, 15) is 13.2 Å². The first kappa shape index (κ1) is 10.5. The average Bonchev–Trinajstić information content (AvgIpc) is 2.50. The highest BCUT2D eigenvalue weighted by atomic mass is 35.7. The summed E-state index contributed by atoms with van der Waals surface area (Å²) in [5.41, 5.74) is 0. The molecule has 0 amide bonds. The van der Waals surface area contributed by atoms with Crippen molar-refractivity contribution < 1.29 is 17.9 Å². The molecule has 0 unspecified atom stereocenters. The Bertz CT molecular complexity index is 420. The SMILES string of the molecule is COC(=O)c1cc(S(=O)(=O)Cl)cs1. The number of rotatable bonds is 2. The van der Waals surface area contributed by atoms with Gasteiger partial charge in [-0.1, -0.05) is 0 Å². The molecule has 1 heterocycles. The summed E-state index contributed by atoms with van der Waals surface area (Å²) in [6, 6.07) is 1.18. The number of carbonyl (C=O) groups is 1. The van der Waals surface area contributed by atoms with Gasteiger partial charge in [-0.05, 0) is 6.07 Å². The van der Waals surface area contributed by atoms with E-state index < -0.39 is 15.0 Å². The van der Waals surface area contributed by atoms with Crippen LogP contribution in [0.25, 0.3) is 0 Å². The molecular weight excluding hydrogens is 236 g/mol. The molecule has 1 rings (SSSR count). The van der Waals surface area contributed by atoms with Crippen LogP contribution in [0.2, 0.25) is 0 Å². The van der Waals surface area contributed by atoms with Crippen molar-refractivity contribution >= 4 is 37.0 Å². The zero-order chi connectivity index (χ0) is 10.1. The standard InChI is InChI=1S/C6H5ClO4S2/c1-11-6(8)5-2-4(3-12-5)13(7,9)10/h2-3H,1H3. The van der Waals surface area contributed by atoms with Crippen molar-refractivity contribution in [1.82, 2.24) is 0 Å². The lowest BCUT2D eigenvalue weighted by Gasteiger charge is -1.91. The molecule has 1 aromatic heterocycles. The third-order valence-electron chi connectivity index (χ3n) is 1.24. The fourth-order valence-electron chi connectivity index (χ4n) is 0.654. The summed E-state index contributed by atoms with van der Waals surface area (Å²) in [5, 5.41) is 1.29. The van der Waals surface area contributed by atoms with Crippen molar-refractivity contribution in [2.75, 3.05) is 7.11 Å². The zero-order valence-corrected chi connectivity index (χ0v) is 8.87. The Labute approximate surface area is 83.5 Å². The highest BCUT2D eigenvalue weighted by molar-refractivity contribution is 8.13. The van der Waals surface area contributed by atoms with Crippen molar-refractivity contribution in [3.8, 4) is 0 Å². The maximum Gasteiger partial charge on any atom is 0.348 e. The molecule has 0 aliphatic heterocycles. The van der Waals surface area contributed by atoms with Crippen LogP contribution in [-0.2, 0) is 13.8 Å². The van der Waals surface area contributed by atoms with Gasteiger partial charge in [0.25, 0.3) is 9.05 Å². The maximum atomic E-state index is 10.9. The lowest BCUT2D eigenvalue weighted by Crippen LogP contribution is -1.97. The molecule has 0 aromatic carbocycles. The Hall–Kier alpha value is -0.590. The fourth-order valence-corrected chi connectivity index (χ4v) is 2.74. The molecule has 0 atom stereocenters. The summed E-state index contributed by atoms with van der Waals surface area (Å²) in [5.74, 6) is -0.573. The number of hydrogen-bond acceptors (Lipinski definition) is 5. The molecule has 0 saturated heterocycles. The number of esters is 1. The van der Waals surface area contributed by atoms with Gasteiger partial charge in [0.05, 0.1) is 12.0 Å². The second kappa shape index (κ2) is 3.65. The summed E-state index contributed by atoms with van der Waals surface area (Å²) in [4.78, 5) is 11.0. The third kappa shape index (κ3) is 2.43. The Balaban J connectivity index is 3.07. The lowest BCUT2D eigenvalue weighted by atomic mass is 10.5. The molecule has 0 radical (unpaired) electrons. The molecule has 0 fully saturated rings. The predicted molar refractivity (Wildman–Crippen MR) is 48.7 cm³/mol. The Morgan fingerprint density at radius 1 is 1.62 bits per heavy atom. The maximum absolute atomic E-state index is 10.9. The molecule has 4 nitrogen and oxygen atoms in total. The molecule has 0 saturated carbocycles. The highest BCUT2D eigenvalue weighted by Crippen LogP contribution is 2.22. The summed E-state index contributed by atoms with van der Waals surface area (Å²) < 4.78 is 26.0. The van der Waals surface area contributed by atoms with Gasteiger partial charge in [-0.3, -0.25) is 0 Å². The van der Waals surface area contributed by atoms with E-state index in [1.165, 1.54) is 18.6 Å². The summed E-state index contributed by atoms with van der Waals surface area (Å²) in [7, 11) is 2.52. The monoisotopic (exact) mass is 240 g/mol. The molecule has 13 heavy (non-hydrogen) atoms. The molecule has 0 bridgehead atoms.